The van der Waals surface area contributed by atoms with Crippen LogP contribution in [0.3, 0.4) is 0 Å². The molecule has 0 aliphatic carbocycles. The van der Waals surface area contributed by atoms with Crippen LogP contribution >= 0.6 is 22.6 Å². The van der Waals surface area contributed by atoms with Gasteiger partial charge in [0.05, 0.1) is 5.75 Å². The Labute approximate surface area is 126 Å². The number of imidazole rings is 1. The van der Waals surface area contributed by atoms with Gasteiger partial charge in [-0.15, -0.1) is 0 Å². The number of sulfone groups is 1. The highest BCUT2D eigenvalue weighted by molar-refractivity contribution is 14.1. The van der Waals surface area contributed by atoms with Crippen LogP contribution in [0.2, 0.25) is 0 Å². The second-order valence-corrected chi connectivity index (χ2v) is 7.91. The van der Waals surface area contributed by atoms with Crippen LogP contribution in [0.15, 0.2) is 36.7 Å². The molecule has 102 valence electrons. The van der Waals surface area contributed by atoms with Crippen LogP contribution < -0.4 is 0 Å². The third kappa shape index (κ3) is 3.79. The monoisotopic (exact) mass is 390 g/mol. The van der Waals surface area contributed by atoms with Crippen molar-refractivity contribution in [1.29, 1.82) is 0 Å². The molecule has 2 aromatic rings. The number of benzene rings is 1. The zero-order chi connectivity index (χ0) is 13.9. The van der Waals surface area contributed by atoms with Gasteiger partial charge in [0.1, 0.15) is 5.82 Å². The van der Waals surface area contributed by atoms with E-state index in [0.717, 1.165) is 15.0 Å². The molecule has 0 aliphatic rings. The van der Waals surface area contributed by atoms with Crippen molar-refractivity contribution in [2.75, 3.05) is 11.5 Å². The summed E-state index contributed by atoms with van der Waals surface area (Å²) in [6.07, 6.45) is 3.52. The van der Waals surface area contributed by atoms with Crippen molar-refractivity contribution in [3.05, 3.63) is 40.2 Å². The van der Waals surface area contributed by atoms with Crippen LogP contribution in [0, 0.1) is 3.57 Å². The lowest BCUT2D eigenvalue weighted by Gasteiger charge is -2.08. The van der Waals surface area contributed by atoms with E-state index in [1.54, 1.807) is 13.1 Å². The lowest BCUT2D eigenvalue weighted by atomic mass is 10.2. The van der Waals surface area contributed by atoms with E-state index in [1.807, 2.05) is 35.0 Å². The molecule has 0 spiro atoms. The van der Waals surface area contributed by atoms with Crippen molar-refractivity contribution in [3.8, 4) is 11.4 Å². The van der Waals surface area contributed by atoms with E-state index < -0.39 is 9.84 Å². The molecular weight excluding hydrogens is 375 g/mol. The maximum Gasteiger partial charge on any atom is 0.151 e. The molecule has 1 heterocycles. The minimum Gasteiger partial charge on any atom is -0.330 e. The van der Waals surface area contributed by atoms with Crippen molar-refractivity contribution in [2.24, 2.45) is 0 Å². The van der Waals surface area contributed by atoms with Gasteiger partial charge < -0.3 is 4.57 Å². The molecular formula is C13H15IN2O2S. The van der Waals surface area contributed by atoms with Gasteiger partial charge in [-0.2, -0.15) is 0 Å². The van der Waals surface area contributed by atoms with Gasteiger partial charge in [0.2, 0.25) is 0 Å². The first-order valence-corrected chi connectivity index (χ1v) is 8.89. The second kappa shape index (κ2) is 6.04. The Bertz CT molecular complexity index is 665. The molecule has 0 aliphatic heterocycles. The van der Waals surface area contributed by atoms with Gasteiger partial charge in [0, 0.05) is 33.8 Å². The summed E-state index contributed by atoms with van der Waals surface area (Å²) in [7, 11) is -2.95. The Hall–Kier alpha value is -0.890. The molecule has 0 saturated carbocycles. The van der Waals surface area contributed by atoms with E-state index in [4.69, 9.17) is 0 Å². The maximum atomic E-state index is 11.6. The van der Waals surface area contributed by atoms with E-state index in [-0.39, 0.29) is 11.5 Å². The van der Waals surface area contributed by atoms with Crippen molar-refractivity contribution >= 4 is 32.4 Å². The lowest BCUT2D eigenvalue weighted by molar-refractivity contribution is 0.590. The molecule has 19 heavy (non-hydrogen) atoms. The fourth-order valence-corrected chi connectivity index (χ4v) is 3.07. The molecule has 0 unspecified atom stereocenters. The van der Waals surface area contributed by atoms with Crippen LogP contribution in [0.4, 0.5) is 0 Å². The smallest absolute Gasteiger partial charge is 0.151 e. The summed E-state index contributed by atoms with van der Waals surface area (Å²) in [5.74, 6) is 1.14. The van der Waals surface area contributed by atoms with E-state index in [0.29, 0.717) is 6.54 Å². The summed E-state index contributed by atoms with van der Waals surface area (Å²) in [6.45, 7) is 2.11. The number of hydrogen-bond acceptors (Lipinski definition) is 3. The van der Waals surface area contributed by atoms with Gasteiger partial charge in [-0.1, -0.05) is 19.1 Å². The molecule has 6 heteroatoms. The number of aromatic nitrogens is 2. The van der Waals surface area contributed by atoms with E-state index in [2.05, 4.69) is 27.6 Å². The van der Waals surface area contributed by atoms with Gasteiger partial charge in [-0.25, -0.2) is 13.4 Å². The molecule has 0 radical (unpaired) electrons. The summed E-state index contributed by atoms with van der Waals surface area (Å²) in [4.78, 5) is 4.32. The fourth-order valence-electron chi connectivity index (χ4n) is 1.76. The molecule has 0 saturated heterocycles. The predicted octanol–water partition coefficient (Wildman–Crippen LogP) is 2.59. The van der Waals surface area contributed by atoms with Crippen LogP contribution in [-0.2, 0) is 16.4 Å². The Morgan fingerprint density at radius 1 is 1.37 bits per heavy atom. The maximum absolute atomic E-state index is 11.6. The zero-order valence-corrected chi connectivity index (χ0v) is 13.6. The molecule has 0 fully saturated rings. The summed E-state index contributed by atoms with van der Waals surface area (Å²) < 4.78 is 26.1. The third-order valence-corrected chi connectivity index (χ3v) is 5.24. The average molecular weight is 390 g/mol. The highest BCUT2D eigenvalue weighted by atomic mass is 127. The molecule has 4 nitrogen and oxygen atoms in total. The zero-order valence-electron chi connectivity index (χ0n) is 10.6. The Morgan fingerprint density at radius 2 is 2.16 bits per heavy atom. The van der Waals surface area contributed by atoms with Gasteiger partial charge in [0.15, 0.2) is 9.84 Å². The summed E-state index contributed by atoms with van der Waals surface area (Å²) in [5, 5.41) is 0. The second-order valence-electron chi connectivity index (χ2n) is 4.19. The number of nitrogens with zero attached hydrogens (tertiary/aromatic N) is 2. The van der Waals surface area contributed by atoms with Crippen molar-refractivity contribution < 1.29 is 8.42 Å². The quantitative estimate of drug-likeness (QED) is 0.738. The summed E-state index contributed by atoms with van der Waals surface area (Å²) >= 11 is 2.25. The Kier molecular flexibility index (Phi) is 4.62. The standard InChI is InChI=1S/C13H15IN2O2S/c1-2-19(17,18)9-8-16-7-6-15-13(16)11-4-3-5-12(14)10-11/h3-7,10H,2,8-9H2,1H3. The van der Waals surface area contributed by atoms with Crippen LogP contribution in [0.1, 0.15) is 6.92 Å². The first-order chi connectivity index (χ1) is 9.02. The molecule has 0 bridgehead atoms. The predicted molar refractivity (Wildman–Crippen MR) is 84.7 cm³/mol. The largest absolute Gasteiger partial charge is 0.330 e. The molecule has 0 amide bonds. The lowest BCUT2D eigenvalue weighted by Crippen LogP contribution is -2.14. The van der Waals surface area contributed by atoms with E-state index in [1.165, 1.54) is 0 Å². The highest BCUT2D eigenvalue weighted by Crippen LogP contribution is 2.19. The Morgan fingerprint density at radius 3 is 2.84 bits per heavy atom. The third-order valence-electron chi connectivity index (χ3n) is 2.88. The first kappa shape index (κ1) is 14.5. The van der Waals surface area contributed by atoms with Gasteiger partial charge in [-0.3, -0.25) is 0 Å². The number of hydrogen-bond donors (Lipinski definition) is 0. The average Bonchev–Trinajstić information content (AvgIpc) is 2.85. The topological polar surface area (TPSA) is 52.0 Å². The summed E-state index contributed by atoms with van der Waals surface area (Å²) in [5.41, 5.74) is 1.01. The van der Waals surface area contributed by atoms with Crippen molar-refractivity contribution in [2.45, 2.75) is 13.5 Å². The highest BCUT2D eigenvalue weighted by Gasteiger charge is 2.11. The van der Waals surface area contributed by atoms with Crippen LogP contribution in [-0.4, -0.2) is 29.5 Å². The number of aryl methyl sites for hydroxylation is 1. The van der Waals surface area contributed by atoms with Crippen molar-refractivity contribution in [1.82, 2.24) is 9.55 Å². The number of halogens is 1. The molecule has 0 atom stereocenters. The molecule has 1 aromatic heterocycles. The van der Waals surface area contributed by atoms with E-state index >= 15 is 0 Å². The van der Waals surface area contributed by atoms with Gasteiger partial charge >= 0.3 is 0 Å². The fraction of sp³-hybridized carbons (Fsp3) is 0.308. The Balaban J connectivity index is 2.23. The van der Waals surface area contributed by atoms with Gasteiger partial charge in [-0.05, 0) is 34.7 Å². The van der Waals surface area contributed by atoms with Crippen LogP contribution in [0.25, 0.3) is 11.4 Å². The molecule has 0 N–H and O–H groups in total. The SMILES string of the molecule is CCS(=O)(=O)CCn1ccnc1-c1cccc(I)c1. The van der Waals surface area contributed by atoms with Crippen LogP contribution in [0.5, 0.6) is 0 Å². The molecule has 2 rings (SSSR count). The summed E-state index contributed by atoms with van der Waals surface area (Å²) in [6, 6.07) is 8.00. The van der Waals surface area contributed by atoms with Crippen molar-refractivity contribution in [3.63, 3.8) is 0 Å². The molecule has 1 aromatic carbocycles. The van der Waals surface area contributed by atoms with E-state index in [9.17, 15) is 8.42 Å². The first-order valence-electron chi connectivity index (χ1n) is 5.99. The minimum atomic E-state index is -2.95. The number of rotatable bonds is 5. The van der Waals surface area contributed by atoms with Gasteiger partial charge in [0.25, 0.3) is 0 Å². The minimum absolute atomic E-state index is 0.150. The normalized spacial score (nSPS) is 11.7.